The number of carbonyl (C=O) groups excluding carboxylic acids is 4. The molecule has 0 aliphatic carbocycles. The van der Waals surface area contributed by atoms with Gasteiger partial charge >= 0.3 is 11.8 Å². The number of anilines is 2. The van der Waals surface area contributed by atoms with Gasteiger partial charge in [0.15, 0.2) is 0 Å². The van der Waals surface area contributed by atoms with Crippen LogP contribution in [0, 0.1) is 32.4 Å². The number of hydrogen-bond acceptors (Lipinski definition) is 4. The van der Waals surface area contributed by atoms with E-state index in [1.807, 2.05) is 0 Å². The zero-order valence-electron chi connectivity index (χ0n) is 31.2. The smallest absolute Gasteiger partial charge is 0.348 e. The SMILES string of the molecule is Cc1cc(NC(=O)c2cc(C(F)(F)C(=O)NC(C)Cc3cc(NC(=O)c4cc(C(F)(F)C(=O)NC(C)(C)C)n(C)c4C)cc(C)c3F)n(C)c2)ccc1F. The van der Waals surface area contributed by atoms with Crippen LogP contribution in [0.3, 0.4) is 0 Å². The molecule has 0 saturated carbocycles. The van der Waals surface area contributed by atoms with Gasteiger partial charge in [0.25, 0.3) is 23.6 Å². The number of aromatic nitrogens is 2. The highest BCUT2D eigenvalue weighted by atomic mass is 19.3. The first-order valence-electron chi connectivity index (χ1n) is 16.7. The van der Waals surface area contributed by atoms with Gasteiger partial charge in [0.05, 0.1) is 22.5 Å². The van der Waals surface area contributed by atoms with Crippen molar-refractivity contribution in [3.05, 3.63) is 105 Å². The number of alkyl halides is 4. The molecule has 4 amide bonds. The van der Waals surface area contributed by atoms with Crippen molar-refractivity contribution in [2.75, 3.05) is 10.6 Å². The van der Waals surface area contributed by atoms with E-state index in [0.29, 0.717) is 0 Å². The molecule has 54 heavy (non-hydrogen) atoms. The van der Waals surface area contributed by atoms with Crippen LogP contribution in [0.4, 0.5) is 37.7 Å². The van der Waals surface area contributed by atoms with E-state index < -0.39 is 70.1 Å². The summed E-state index contributed by atoms with van der Waals surface area (Å²) in [5.74, 6) is -14.2. The molecule has 0 spiro atoms. The van der Waals surface area contributed by atoms with Gasteiger partial charge in [0, 0.05) is 48.9 Å². The fourth-order valence-electron chi connectivity index (χ4n) is 5.77. The number of carbonyl (C=O) groups is 4. The minimum absolute atomic E-state index is 0.0499. The molecule has 0 saturated heterocycles. The highest BCUT2D eigenvalue weighted by Gasteiger charge is 2.46. The molecule has 16 heteroatoms. The van der Waals surface area contributed by atoms with E-state index >= 15 is 22.0 Å². The summed E-state index contributed by atoms with van der Waals surface area (Å²) in [7, 11) is 2.51. The molecule has 10 nitrogen and oxygen atoms in total. The average Bonchev–Trinajstić information content (AvgIpc) is 3.60. The summed E-state index contributed by atoms with van der Waals surface area (Å²) in [4.78, 5) is 51.3. The van der Waals surface area contributed by atoms with Gasteiger partial charge < -0.3 is 30.4 Å². The van der Waals surface area contributed by atoms with Crippen LogP contribution in [-0.2, 0) is 42.0 Å². The van der Waals surface area contributed by atoms with Crippen molar-refractivity contribution >= 4 is 35.0 Å². The summed E-state index contributed by atoms with van der Waals surface area (Å²) >= 11 is 0. The molecule has 0 radical (unpaired) electrons. The predicted octanol–water partition coefficient (Wildman–Crippen LogP) is 6.92. The molecule has 2 aromatic heterocycles. The fraction of sp³-hybridized carbons (Fsp3) is 0.368. The number of benzene rings is 2. The number of amides is 4. The topological polar surface area (TPSA) is 126 Å². The molecule has 4 N–H and O–H groups in total. The first kappa shape index (κ1) is 41.2. The van der Waals surface area contributed by atoms with Crippen LogP contribution < -0.4 is 21.3 Å². The summed E-state index contributed by atoms with van der Waals surface area (Å²) in [6.45, 7) is 10.3. The van der Waals surface area contributed by atoms with Gasteiger partial charge in [-0.05, 0) is 114 Å². The first-order valence-corrected chi connectivity index (χ1v) is 16.7. The van der Waals surface area contributed by atoms with E-state index in [4.69, 9.17) is 0 Å². The van der Waals surface area contributed by atoms with Gasteiger partial charge in [-0.2, -0.15) is 17.6 Å². The van der Waals surface area contributed by atoms with Crippen LogP contribution in [-0.4, -0.2) is 44.3 Å². The maximum absolute atomic E-state index is 15.5. The Labute approximate surface area is 308 Å². The normalized spacial score (nSPS) is 12.6. The van der Waals surface area contributed by atoms with Crippen molar-refractivity contribution in [1.29, 1.82) is 0 Å². The Balaban J connectivity index is 1.47. The maximum Gasteiger partial charge on any atom is 0.364 e. The van der Waals surface area contributed by atoms with Crippen LogP contribution in [0.5, 0.6) is 0 Å². The van der Waals surface area contributed by atoms with Crippen molar-refractivity contribution in [1.82, 2.24) is 19.8 Å². The lowest BCUT2D eigenvalue weighted by molar-refractivity contribution is -0.149. The molecule has 1 atom stereocenters. The zero-order valence-corrected chi connectivity index (χ0v) is 31.2. The Bertz CT molecular complexity index is 2130. The second kappa shape index (κ2) is 15.1. The summed E-state index contributed by atoms with van der Waals surface area (Å²) in [5.41, 5.74) is -2.14. The van der Waals surface area contributed by atoms with Gasteiger partial charge in [0.2, 0.25) is 0 Å². The molecular formula is C38H42F6N6O4. The van der Waals surface area contributed by atoms with Gasteiger partial charge in [-0.1, -0.05) is 0 Å². The summed E-state index contributed by atoms with van der Waals surface area (Å²) in [5, 5.41) is 9.44. The van der Waals surface area contributed by atoms with E-state index in [1.165, 1.54) is 66.1 Å². The van der Waals surface area contributed by atoms with Crippen molar-refractivity contribution in [3.63, 3.8) is 0 Å². The highest BCUT2D eigenvalue weighted by Crippen LogP contribution is 2.33. The zero-order chi connectivity index (χ0) is 40.7. The second-order valence-electron chi connectivity index (χ2n) is 14.4. The Morgan fingerprint density at radius 2 is 1.35 bits per heavy atom. The lowest BCUT2D eigenvalue weighted by atomic mass is 10.0. The van der Waals surface area contributed by atoms with E-state index in [1.54, 1.807) is 20.8 Å². The van der Waals surface area contributed by atoms with E-state index in [2.05, 4.69) is 21.3 Å². The number of rotatable bonds is 11. The average molecular weight is 761 g/mol. The van der Waals surface area contributed by atoms with E-state index in [0.717, 1.165) is 33.5 Å². The molecular weight excluding hydrogens is 718 g/mol. The lowest BCUT2D eigenvalue weighted by Gasteiger charge is -2.25. The quantitative estimate of drug-likeness (QED) is 0.124. The monoisotopic (exact) mass is 760 g/mol. The van der Waals surface area contributed by atoms with Crippen LogP contribution in [0.2, 0.25) is 0 Å². The van der Waals surface area contributed by atoms with Crippen LogP contribution in [0.25, 0.3) is 0 Å². The number of nitrogens with zero attached hydrogens (tertiary/aromatic N) is 2. The second-order valence-corrected chi connectivity index (χ2v) is 14.4. The minimum Gasteiger partial charge on any atom is -0.348 e. The van der Waals surface area contributed by atoms with Gasteiger partial charge in [-0.25, -0.2) is 8.78 Å². The third kappa shape index (κ3) is 8.80. The Kier molecular flexibility index (Phi) is 11.5. The molecule has 1 unspecified atom stereocenters. The van der Waals surface area contributed by atoms with Crippen molar-refractivity contribution < 1.29 is 45.5 Å². The molecule has 290 valence electrons. The largest absolute Gasteiger partial charge is 0.364 e. The molecule has 4 rings (SSSR count). The van der Waals surface area contributed by atoms with E-state index in [-0.39, 0.29) is 51.3 Å². The number of halogens is 6. The van der Waals surface area contributed by atoms with Crippen LogP contribution in [0.1, 0.15) is 82.2 Å². The first-order chi connectivity index (χ1) is 24.8. The summed E-state index contributed by atoms with van der Waals surface area (Å²) in [6, 6.07) is 7.04. The molecule has 4 aromatic rings. The summed E-state index contributed by atoms with van der Waals surface area (Å²) < 4.78 is 92.1. The Hall–Kier alpha value is -5.54. The lowest BCUT2D eigenvalue weighted by Crippen LogP contribution is -2.48. The third-order valence-electron chi connectivity index (χ3n) is 8.66. The maximum atomic E-state index is 15.5. The van der Waals surface area contributed by atoms with Crippen molar-refractivity contribution in [3.8, 4) is 0 Å². The third-order valence-corrected chi connectivity index (χ3v) is 8.66. The molecule has 2 aromatic carbocycles. The minimum atomic E-state index is -4.13. The number of nitrogens with one attached hydrogen (secondary N) is 4. The molecule has 0 bridgehead atoms. The Morgan fingerprint density at radius 3 is 1.96 bits per heavy atom. The molecule has 0 aliphatic heterocycles. The van der Waals surface area contributed by atoms with E-state index in [9.17, 15) is 23.6 Å². The predicted molar refractivity (Wildman–Crippen MR) is 191 cm³/mol. The highest BCUT2D eigenvalue weighted by molar-refractivity contribution is 6.06. The van der Waals surface area contributed by atoms with Gasteiger partial charge in [-0.15, -0.1) is 0 Å². The number of aryl methyl sites for hydroxylation is 3. The van der Waals surface area contributed by atoms with Crippen molar-refractivity contribution in [2.45, 2.75) is 78.3 Å². The molecule has 2 heterocycles. The standard InChI is InChI=1S/C38H42F6N6O4/c1-19-12-25(10-11-28(19)39)46-32(51)24-16-29(49(8)18-24)37(41,42)34(53)45-21(3)14-23-15-26(13-20(2)31(23)40)47-33(52)27-17-30(50(9)22(27)4)38(43,44)35(54)48-36(5,6)7/h10-13,15-18,21H,14H2,1-9H3,(H,45,53)(H,46,51)(H,47,52)(H,48,54). The fourth-order valence-corrected chi connectivity index (χ4v) is 5.77. The Morgan fingerprint density at radius 1 is 0.759 bits per heavy atom. The van der Waals surface area contributed by atoms with Crippen molar-refractivity contribution in [2.24, 2.45) is 14.1 Å². The van der Waals surface area contributed by atoms with Gasteiger partial charge in [0.1, 0.15) is 11.6 Å². The number of hydrogen-bond donors (Lipinski definition) is 4. The van der Waals surface area contributed by atoms with Crippen LogP contribution >= 0.6 is 0 Å². The summed E-state index contributed by atoms with van der Waals surface area (Å²) in [6.07, 6.45) is 0.816. The van der Waals surface area contributed by atoms with Crippen LogP contribution in [0.15, 0.2) is 48.7 Å². The van der Waals surface area contributed by atoms with Gasteiger partial charge in [-0.3, -0.25) is 19.2 Å². The molecule has 0 fully saturated rings. The molecule has 0 aliphatic rings.